The molecule has 0 spiro atoms. The summed E-state index contributed by atoms with van der Waals surface area (Å²) in [6.07, 6.45) is 1.48. The first-order valence-electron chi connectivity index (χ1n) is 8.51. The standard InChI is InChI=1S/C18H19F2N5O3S/c1-10-4-5-13(29(26,27)23-9-18(3,19)20)7-14(10)12-6-15(16(21)22-8-12)17-24-11(2)25-28-17/h4-8,23H,9H2,1-3H3,(H2,21,22). The number of anilines is 1. The van der Waals surface area contributed by atoms with Crippen molar-refractivity contribution in [2.75, 3.05) is 12.3 Å². The number of aryl methyl sites for hydroxylation is 2. The van der Waals surface area contributed by atoms with Gasteiger partial charge in [0.25, 0.3) is 11.8 Å². The largest absolute Gasteiger partial charge is 0.383 e. The highest BCUT2D eigenvalue weighted by Gasteiger charge is 2.25. The number of sulfonamides is 1. The number of benzene rings is 1. The number of rotatable bonds is 6. The zero-order chi connectivity index (χ0) is 21.4. The molecular weight excluding hydrogens is 404 g/mol. The normalized spacial score (nSPS) is 12.3. The molecule has 3 N–H and O–H groups in total. The lowest BCUT2D eigenvalue weighted by Gasteiger charge is -2.14. The van der Waals surface area contributed by atoms with Crippen molar-refractivity contribution in [2.24, 2.45) is 0 Å². The van der Waals surface area contributed by atoms with E-state index in [0.717, 1.165) is 5.56 Å². The highest BCUT2D eigenvalue weighted by atomic mass is 32.2. The fourth-order valence-corrected chi connectivity index (χ4v) is 3.72. The van der Waals surface area contributed by atoms with Crippen molar-refractivity contribution in [3.63, 3.8) is 0 Å². The van der Waals surface area contributed by atoms with Gasteiger partial charge >= 0.3 is 0 Å². The molecule has 0 aliphatic carbocycles. The molecule has 3 aromatic rings. The first kappa shape index (κ1) is 20.8. The van der Waals surface area contributed by atoms with Gasteiger partial charge in [0, 0.05) is 18.7 Å². The van der Waals surface area contributed by atoms with Crippen molar-refractivity contribution < 1.29 is 21.7 Å². The third-order valence-electron chi connectivity index (χ3n) is 4.08. The van der Waals surface area contributed by atoms with E-state index in [-0.39, 0.29) is 16.6 Å². The van der Waals surface area contributed by atoms with Gasteiger partial charge in [-0.1, -0.05) is 11.2 Å². The third-order valence-corrected chi connectivity index (χ3v) is 5.48. The molecule has 0 fully saturated rings. The second-order valence-corrected chi connectivity index (χ2v) is 8.44. The molecule has 0 saturated heterocycles. The summed E-state index contributed by atoms with van der Waals surface area (Å²) < 4.78 is 58.0. The number of nitrogens with two attached hydrogens (primary N) is 1. The van der Waals surface area contributed by atoms with Gasteiger partial charge in [-0.05, 0) is 43.2 Å². The van der Waals surface area contributed by atoms with Crippen LogP contribution in [0.1, 0.15) is 18.3 Å². The number of alkyl halides is 2. The van der Waals surface area contributed by atoms with Crippen molar-refractivity contribution >= 4 is 15.8 Å². The minimum Gasteiger partial charge on any atom is -0.383 e. The molecule has 2 aromatic heterocycles. The van der Waals surface area contributed by atoms with Gasteiger partial charge in [0.05, 0.1) is 17.0 Å². The minimum absolute atomic E-state index is 0.144. The van der Waals surface area contributed by atoms with Gasteiger partial charge in [0.15, 0.2) is 5.82 Å². The molecule has 29 heavy (non-hydrogen) atoms. The Hall–Kier alpha value is -2.92. The van der Waals surface area contributed by atoms with Gasteiger partial charge in [0.2, 0.25) is 10.0 Å². The van der Waals surface area contributed by atoms with Gasteiger partial charge in [0.1, 0.15) is 5.82 Å². The second kappa shape index (κ2) is 7.48. The van der Waals surface area contributed by atoms with Crippen LogP contribution >= 0.6 is 0 Å². The minimum atomic E-state index is -4.12. The maximum Gasteiger partial charge on any atom is 0.261 e. The maximum atomic E-state index is 13.1. The van der Waals surface area contributed by atoms with Gasteiger partial charge in [-0.2, -0.15) is 4.98 Å². The molecule has 1 aromatic carbocycles. The van der Waals surface area contributed by atoms with E-state index in [1.165, 1.54) is 18.3 Å². The number of halogens is 2. The SMILES string of the molecule is Cc1noc(-c2cc(-c3cc(S(=O)(=O)NCC(C)(F)F)ccc3C)cnc2N)n1. The van der Waals surface area contributed by atoms with E-state index in [1.54, 1.807) is 26.0 Å². The van der Waals surface area contributed by atoms with Crippen molar-refractivity contribution in [2.45, 2.75) is 31.6 Å². The highest BCUT2D eigenvalue weighted by Crippen LogP contribution is 2.31. The molecule has 0 saturated carbocycles. The Morgan fingerprint density at radius 3 is 2.55 bits per heavy atom. The molecule has 0 amide bonds. The predicted molar refractivity (Wildman–Crippen MR) is 103 cm³/mol. The summed E-state index contributed by atoms with van der Waals surface area (Å²) in [6.45, 7) is 3.08. The zero-order valence-electron chi connectivity index (χ0n) is 15.9. The number of pyridine rings is 1. The Morgan fingerprint density at radius 1 is 1.21 bits per heavy atom. The number of aromatic nitrogens is 3. The zero-order valence-corrected chi connectivity index (χ0v) is 16.7. The van der Waals surface area contributed by atoms with E-state index < -0.39 is 22.5 Å². The lowest BCUT2D eigenvalue weighted by atomic mass is 10.0. The summed E-state index contributed by atoms with van der Waals surface area (Å²) in [5.74, 6) is -2.39. The van der Waals surface area contributed by atoms with Gasteiger partial charge in [-0.3, -0.25) is 0 Å². The van der Waals surface area contributed by atoms with Crippen LogP contribution in [0.2, 0.25) is 0 Å². The van der Waals surface area contributed by atoms with Crippen LogP contribution in [-0.4, -0.2) is 36.0 Å². The lowest BCUT2D eigenvalue weighted by Crippen LogP contribution is -2.34. The van der Waals surface area contributed by atoms with Crippen LogP contribution in [0.3, 0.4) is 0 Å². The van der Waals surface area contributed by atoms with E-state index >= 15 is 0 Å². The number of hydrogen-bond acceptors (Lipinski definition) is 7. The first-order valence-corrected chi connectivity index (χ1v) is 9.99. The maximum absolute atomic E-state index is 13.1. The molecule has 0 atom stereocenters. The number of hydrogen-bond donors (Lipinski definition) is 2. The van der Waals surface area contributed by atoms with Crippen LogP contribution in [0.25, 0.3) is 22.6 Å². The average molecular weight is 423 g/mol. The molecular formula is C18H19F2N5O3S. The molecule has 2 heterocycles. The van der Waals surface area contributed by atoms with Crippen LogP contribution in [0.4, 0.5) is 14.6 Å². The van der Waals surface area contributed by atoms with Gasteiger partial charge in [-0.15, -0.1) is 0 Å². The molecule has 0 bridgehead atoms. The smallest absolute Gasteiger partial charge is 0.261 e. The fourth-order valence-electron chi connectivity index (χ4n) is 2.58. The van der Waals surface area contributed by atoms with Crippen LogP contribution in [0.5, 0.6) is 0 Å². The lowest BCUT2D eigenvalue weighted by molar-refractivity contribution is 0.0281. The molecule has 0 aliphatic heterocycles. The molecule has 154 valence electrons. The molecule has 0 unspecified atom stereocenters. The Balaban J connectivity index is 2.03. The van der Waals surface area contributed by atoms with Crippen molar-refractivity contribution in [1.82, 2.24) is 19.8 Å². The van der Waals surface area contributed by atoms with E-state index in [0.29, 0.717) is 29.4 Å². The van der Waals surface area contributed by atoms with Crippen LogP contribution in [-0.2, 0) is 10.0 Å². The van der Waals surface area contributed by atoms with Crippen molar-refractivity contribution in [1.29, 1.82) is 0 Å². The van der Waals surface area contributed by atoms with E-state index in [4.69, 9.17) is 10.3 Å². The Labute approximate surface area is 166 Å². The predicted octanol–water partition coefficient (Wildman–Crippen LogP) is 2.93. The average Bonchev–Trinajstić information content (AvgIpc) is 3.06. The monoisotopic (exact) mass is 423 g/mol. The van der Waals surface area contributed by atoms with Crippen molar-refractivity contribution in [3.05, 3.63) is 41.9 Å². The Kier molecular flexibility index (Phi) is 5.37. The summed E-state index contributed by atoms with van der Waals surface area (Å²) >= 11 is 0. The van der Waals surface area contributed by atoms with Crippen LogP contribution in [0, 0.1) is 13.8 Å². The summed E-state index contributed by atoms with van der Waals surface area (Å²) in [5.41, 5.74) is 8.17. The second-order valence-electron chi connectivity index (χ2n) is 6.68. The van der Waals surface area contributed by atoms with Gasteiger partial charge < -0.3 is 10.3 Å². The molecule has 3 rings (SSSR count). The van der Waals surface area contributed by atoms with Crippen LogP contribution < -0.4 is 10.5 Å². The molecule has 0 aliphatic rings. The van der Waals surface area contributed by atoms with Crippen LogP contribution in [0.15, 0.2) is 39.9 Å². The van der Waals surface area contributed by atoms with E-state index in [1.807, 2.05) is 4.72 Å². The molecule has 11 heteroatoms. The molecule has 0 radical (unpaired) electrons. The Morgan fingerprint density at radius 2 is 1.93 bits per heavy atom. The highest BCUT2D eigenvalue weighted by molar-refractivity contribution is 7.89. The number of nitrogens with zero attached hydrogens (tertiary/aromatic N) is 3. The Bertz CT molecular complexity index is 1160. The quantitative estimate of drug-likeness (QED) is 0.625. The third kappa shape index (κ3) is 4.74. The summed E-state index contributed by atoms with van der Waals surface area (Å²) in [5, 5.41) is 3.72. The number of nitrogens with one attached hydrogen (secondary N) is 1. The number of nitrogen functional groups attached to an aromatic ring is 1. The van der Waals surface area contributed by atoms with Gasteiger partial charge in [-0.25, -0.2) is 26.9 Å². The topological polar surface area (TPSA) is 124 Å². The van der Waals surface area contributed by atoms with E-state index in [9.17, 15) is 17.2 Å². The summed E-state index contributed by atoms with van der Waals surface area (Å²) in [6, 6.07) is 5.98. The fraction of sp³-hybridized carbons (Fsp3) is 0.278. The first-order chi connectivity index (χ1) is 13.5. The van der Waals surface area contributed by atoms with Crippen molar-refractivity contribution in [3.8, 4) is 22.6 Å². The summed E-state index contributed by atoms with van der Waals surface area (Å²) in [4.78, 5) is 8.11. The van der Waals surface area contributed by atoms with E-state index in [2.05, 4.69) is 15.1 Å². The summed E-state index contributed by atoms with van der Waals surface area (Å²) in [7, 11) is -4.12. The molecule has 8 nitrogen and oxygen atoms in total.